The first kappa shape index (κ1) is 13.5. The molecule has 92 valence electrons. The van der Waals surface area contributed by atoms with Crippen LogP contribution in [0.3, 0.4) is 0 Å². The molecular formula is C14H25NO. The molecule has 1 fully saturated rings. The van der Waals surface area contributed by atoms with E-state index in [1.165, 1.54) is 12.8 Å². The van der Waals surface area contributed by atoms with Crippen LogP contribution >= 0.6 is 0 Å². The van der Waals surface area contributed by atoms with Gasteiger partial charge in [-0.05, 0) is 44.9 Å². The number of hydrogen-bond donors (Lipinski definition) is 1. The molecule has 0 heterocycles. The standard InChI is InChI=1S/C14H25NO/c1-4-6-12-7-9-14(11-15,10-8-12)13(3,16)5-2/h12,16H,4-10H2,1-3H3. The molecule has 0 radical (unpaired) electrons. The van der Waals surface area contributed by atoms with Gasteiger partial charge in [-0.1, -0.05) is 26.7 Å². The molecule has 0 bridgehead atoms. The van der Waals surface area contributed by atoms with Crippen molar-refractivity contribution in [3.8, 4) is 6.07 Å². The molecule has 16 heavy (non-hydrogen) atoms. The number of nitriles is 1. The first-order valence-electron chi connectivity index (χ1n) is 6.65. The van der Waals surface area contributed by atoms with Crippen molar-refractivity contribution < 1.29 is 5.11 Å². The van der Waals surface area contributed by atoms with E-state index in [9.17, 15) is 10.4 Å². The van der Waals surface area contributed by atoms with Gasteiger partial charge in [-0.2, -0.15) is 5.26 Å². The van der Waals surface area contributed by atoms with Gasteiger partial charge in [0.05, 0.1) is 17.1 Å². The van der Waals surface area contributed by atoms with Gasteiger partial charge in [-0.25, -0.2) is 0 Å². The summed E-state index contributed by atoms with van der Waals surface area (Å²) < 4.78 is 0. The largest absolute Gasteiger partial charge is 0.389 e. The third kappa shape index (κ3) is 2.40. The second-order valence-electron chi connectivity index (χ2n) is 5.55. The summed E-state index contributed by atoms with van der Waals surface area (Å²) >= 11 is 0. The van der Waals surface area contributed by atoms with Gasteiger partial charge in [0.1, 0.15) is 0 Å². The zero-order valence-electron chi connectivity index (χ0n) is 10.9. The highest BCUT2D eigenvalue weighted by Gasteiger charge is 2.48. The molecule has 0 spiro atoms. The van der Waals surface area contributed by atoms with Crippen LogP contribution in [0.4, 0.5) is 0 Å². The summed E-state index contributed by atoms with van der Waals surface area (Å²) in [4.78, 5) is 0. The molecule has 1 N–H and O–H groups in total. The van der Waals surface area contributed by atoms with Crippen LogP contribution < -0.4 is 0 Å². The Kier molecular flexibility index (Phi) is 4.38. The van der Waals surface area contributed by atoms with Crippen molar-refractivity contribution in [3.63, 3.8) is 0 Å². The molecule has 1 aliphatic carbocycles. The number of nitrogens with zero attached hydrogens (tertiary/aromatic N) is 1. The summed E-state index contributed by atoms with van der Waals surface area (Å²) in [6.45, 7) is 6.02. The lowest BCUT2D eigenvalue weighted by Gasteiger charge is -2.44. The molecule has 0 aromatic heterocycles. The molecule has 0 aromatic rings. The second kappa shape index (κ2) is 5.19. The fraction of sp³-hybridized carbons (Fsp3) is 0.929. The minimum absolute atomic E-state index is 0.494. The molecule has 1 unspecified atom stereocenters. The second-order valence-corrected chi connectivity index (χ2v) is 5.55. The summed E-state index contributed by atoms with van der Waals surface area (Å²) in [5, 5.41) is 19.8. The summed E-state index contributed by atoms with van der Waals surface area (Å²) in [5.41, 5.74) is -1.31. The van der Waals surface area contributed by atoms with Crippen LogP contribution in [-0.4, -0.2) is 10.7 Å². The quantitative estimate of drug-likeness (QED) is 0.790. The van der Waals surface area contributed by atoms with Crippen LogP contribution in [0.5, 0.6) is 0 Å². The third-order valence-corrected chi connectivity index (χ3v) is 4.59. The fourth-order valence-electron chi connectivity index (χ4n) is 2.98. The maximum Gasteiger partial charge on any atom is 0.0857 e. The first-order valence-corrected chi connectivity index (χ1v) is 6.65. The Hall–Kier alpha value is -0.550. The molecule has 1 saturated carbocycles. The van der Waals surface area contributed by atoms with Crippen LogP contribution in [0.15, 0.2) is 0 Å². The van der Waals surface area contributed by atoms with E-state index in [1.54, 1.807) is 0 Å². The maximum absolute atomic E-state index is 10.4. The predicted molar refractivity (Wildman–Crippen MR) is 65.8 cm³/mol. The highest BCUT2D eigenvalue weighted by atomic mass is 16.3. The van der Waals surface area contributed by atoms with E-state index in [-0.39, 0.29) is 0 Å². The van der Waals surface area contributed by atoms with Crippen LogP contribution in [0.25, 0.3) is 0 Å². The van der Waals surface area contributed by atoms with Gasteiger partial charge in [0.15, 0.2) is 0 Å². The lowest BCUT2D eigenvalue weighted by molar-refractivity contribution is -0.0666. The lowest BCUT2D eigenvalue weighted by atomic mass is 9.61. The van der Waals surface area contributed by atoms with Crippen molar-refractivity contribution in [2.75, 3.05) is 0 Å². The van der Waals surface area contributed by atoms with Gasteiger partial charge in [0.2, 0.25) is 0 Å². The van der Waals surface area contributed by atoms with Gasteiger partial charge in [0.25, 0.3) is 0 Å². The monoisotopic (exact) mass is 223 g/mol. The normalized spacial score (nSPS) is 34.1. The predicted octanol–water partition coefficient (Wildman–Crippen LogP) is 3.65. The Morgan fingerprint density at radius 1 is 1.38 bits per heavy atom. The fourth-order valence-corrected chi connectivity index (χ4v) is 2.98. The average Bonchev–Trinajstić information content (AvgIpc) is 2.30. The molecule has 1 atom stereocenters. The molecule has 1 aliphatic rings. The Balaban J connectivity index is 2.70. The van der Waals surface area contributed by atoms with E-state index in [1.807, 2.05) is 13.8 Å². The van der Waals surface area contributed by atoms with E-state index >= 15 is 0 Å². The number of aliphatic hydroxyl groups is 1. The van der Waals surface area contributed by atoms with Crippen LogP contribution in [0.1, 0.15) is 65.7 Å². The first-order chi connectivity index (χ1) is 7.51. The van der Waals surface area contributed by atoms with E-state index in [0.717, 1.165) is 31.6 Å². The van der Waals surface area contributed by atoms with Crippen molar-refractivity contribution in [1.29, 1.82) is 5.26 Å². The van der Waals surface area contributed by atoms with Gasteiger partial charge < -0.3 is 5.11 Å². The van der Waals surface area contributed by atoms with Crippen LogP contribution in [-0.2, 0) is 0 Å². The minimum Gasteiger partial charge on any atom is -0.389 e. The average molecular weight is 223 g/mol. The summed E-state index contributed by atoms with van der Waals surface area (Å²) in [7, 11) is 0. The Labute approximate surface area is 99.7 Å². The smallest absolute Gasteiger partial charge is 0.0857 e. The number of rotatable bonds is 4. The molecular weight excluding hydrogens is 198 g/mol. The molecule has 0 aliphatic heterocycles. The van der Waals surface area contributed by atoms with Crippen LogP contribution in [0.2, 0.25) is 0 Å². The van der Waals surface area contributed by atoms with Crippen molar-refractivity contribution in [1.82, 2.24) is 0 Å². The lowest BCUT2D eigenvalue weighted by Crippen LogP contribution is -2.46. The molecule has 0 aromatic carbocycles. The summed E-state index contributed by atoms with van der Waals surface area (Å²) in [5.74, 6) is 0.777. The van der Waals surface area contributed by atoms with Crippen molar-refractivity contribution in [2.24, 2.45) is 11.3 Å². The van der Waals surface area contributed by atoms with Crippen molar-refractivity contribution >= 4 is 0 Å². The highest BCUT2D eigenvalue weighted by molar-refractivity contribution is 5.11. The summed E-state index contributed by atoms with van der Waals surface area (Å²) in [6, 6.07) is 2.42. The zero-order chi connectivity index (χ0) is 12.2. The van der Waals surface area contributed by atoms with Crippen molar-refractivity contribution in [3.05, 3.63) is 0 Å². The van der Waals surface area contributed by atoms with Gasteiger partial charge >= 0.3 is 0 Å². The Morgan fingerprint density at radius 3 is 2.31 bits per heavy atom. The third-order valence-electron chi connectivity index (χ3n) is 4.59. The van der Waals surface area contributed by atoms with Gasteiger partial charge in [0, 0.05) is 0 Å². The van der Waals surface area contributed by atoms with Crippen LogP contribution in [0, 0.1) is 22.7 Å². The zero-order valence-corrected chi connectivity index (χ0v) is 10.9. The molecule has 0 saturated heterocycles. The topological polar surface area (TPSA) is 44.0 Å². The van der Waals surface area contributed by atoms with E-state index < -0.39 is 11.0 Å². The van der Waals surface area contributed by atoms with Gasteiger partial charge in [-0.3, -0.25) is 0 Å². The minimum atomic E-state index is -0.821. The van der Waals surface area contributed by atoms with E-state index in [0.29, 0.717) is 6.42 Å². The highest BCUT2D eigenvalue weighted by Crippen LogP contribution is 2.48. The Morgan fingerprint density at radius 2 is 1.94 bits per heavy atom. The number of hydrogen-bond acceptors (Lipinski definition) is 2. The molecule has 1 rings (SSSR count). The van der Waals surface area contributed by atoms with Crippen molar-refractivity contribution in [2.45, 2.75) is 71.3 Å². The molecule has 0 amide bonds. The SMILES string of the molecule is CCCC1CCC(C#N)(C(C)(O)CC)CC1. The van der Waals surface area contributed by atoms with Gasteiger partial charge in [-0.15, -0.1) is 0 Å². The Bertz CT molecular complexity index is 256. The van der Waals surface area contributed by atoms with E-state index in [4.69, 9.17) is 0 Å². The summed E-state index contributed by atoms with van der Waals surface area (Å²) in [6.07, 6.45) is 7.13. The maximum atomic E-state index is 10.4. The molecule has 2 heteroatoms. The molecule has 2 nitrogen and oxygen atoms in total. The van der Waals surface area contributed by atoms with E-state index in [2.05, 4.69) is 13.0 Å².